The fourth-order valence-electron chi connectivity index (χ4n) is 3.48. The number of aliphatic hydroxyl groups excluding tert-OH is 1. The molecule has 1 unspecified atom stereocenters. The maximum Gasteiger partial charge on any atom is 0.333 e. The summed E-state index contributed by atoms with van der Waals surface area (Å²) in [4.78, 5) is 47.5. The maximum atomic E-state index is 12.6. The standard InChI is InChI=1S/C28H42O12/c1-18(2)26(35)39-14-13-37-11-12-38-17-22(40-27(36)19(3)4)28(15-20(5)24(31)32,16-21(6)25(33)34)10-8-7-9-23(29)30/h15-16,22-23,29-30H,1,3,7-14,17H2,2,4-6H3,(H,31,32)(H,33,34). The number of unbranched alkanes of at least 4 members (excludes halogenated alkanes) is 1. The van der Waals surface area contributed by atoms with Gasteiger partial charge in [-0.05, 0) is 47.0 Å². The van der Waals surface area contributed by atoms with E-state index in [0.29, 0.717) is 12.8 Å². The number of carbonyl (C=O) groups is 4. The molecular formula is C28H42O12. The maximum absolute atomic E-state index is 12.6. The van der Waals surface area contributed by atoms with Gasteiger partial charge in [0.15, 0.2) is 6.29 Å². The van der Waals surface area contributed by atoms with Gasteiger partial charge in [0, 0.05) is 27.7 Å². The SMILES string of the molecule is C=C(C)C(=O)OCCOCCOCC(OC(=O)C(=C)C)C(C=C(C)C(=O)O)(C=C(C)C(=O)O)CCCCC(O)O. The molecule has 0 spiro atoms. The first-order chi connectivity index (χ1) is 18.6. The van der Waals surface area contributed by atoms with Crippen molar-refractivity contribution < 1.29 is 58.6 Å². The topological polar surface area (TPSA) is 186 Å². The Balaban J connectivity index is 6.04. The van der Waals surface area contributed by atoms with Gasteiger partial charge in [0.25, 0.3) is 0 Å². The van der Waals surface area contributed by atoms with Crippen LogP contribution in [0.4, 0.5) is 0 Å². The van der Waals surface area contributed by atoms with E-state index in [9.17, 15) is 39.6 Å². The van der Waals surface area contributed by atoms with Crippen LogP contribution in [0.5, 0.6) is 0 Å². The fraction of sp³-hybridized carbons (Fsp3) is 0.571. The zero-order valence-corrected chi connectivity index (χ0v) is 23.6. The minimum absolute atomic E-state index is 0.00864. The van der Waals surface area contributed by atoms with E-state index in [1.54, 1.807) is 0 Å². The summed E-state index contributed by atoms with van der Waals surface area (Å²) >= 11 is 0. The molecule has 0 saturated carbocycles. The van der Waals surface area contributed by atoms with Crippen LogP contribution in [0.2, 0.25) is 0 Å². The Morgan fingerprint density at radius 1 is 0.775 bits per heavy atom. The molecule has 0 aliphatic rings. The molecule has 1 atom stereocenters. The quantitative estimate of drug-likeness (QED) is 0.0685. The molecule has 0 amide bonds. The molecule has 0 fully saturated rings. The minimum atomic E-state index is -1.55. The molecule has 0 aliphatic heterocycles. The van der Waals surface area contributed by atoms with Gasteiger partial charge < -0.3 is 39.4 Å². The number of carboxylic acid groups (broad SMARTS) is 2. The predicted molar refractivity (Wildman–Crippen MR) is 144 cm³/mol. The van der Waals surface area contributed by atoms with E-state index in [4.69, 9.17) is 18.9 Å². The van der Waals surface area contributed by atoms with Crippen LogP contribution in [-0.2, 0) is 38.1 Å². The summed E-state index contributed by atoms with van der Waals surface area (Å²) in [5.41, 5.74) is -1.38. The highest BCUT2D eigenvalue weighted by atomic mass is 16.6. The van der Waals surface area contributed by atoms with E-state index in [1.165, 1.54) is 39.8 Å². The first-order valence-corrected chi connectivity index (χ1v) is 12.7. The molecule has 0 heterocycles. The average Bonchev–Trinajstić information content (AvgIpc) is 2.86. The Morgan fingerprint density at radius 2 is 1.27 bits per heavy atom. The van der Waals surface area contributed by atoms with Crippen molar-refractivity contribution in [3.05, 3.63) is 47.6 Å². The van der Waals surface area contributed by atoms with Crippen molar-refractivity contribution in [1.29, 1.82) is 0 Å². The van der Waals surface area contributed by atoms with E-state index in [2.05, 4.69) is 13.2 Å². The van der Waals surface area contributed by atoms with Crippen molar-refractivity contribution in [2.24, 2.45) is 5.41 Å². The van der Waals surface area contributed by atoms with Crippen molar-refractivity contribution in [2.45, 2.75) is 65.8 Å². The summed E-state index contributed by atoms with van der Waals surface area (Å²) in [6.45, 7) is 12.6. The highest BCUT2D eigenvalue weighted by Crippen LogP contribution is 2.38. The largest absolute Gasteiger partial charge is 0.478 e. The number of carboxylic acids is 2. The molecule has 12 heteroatoms. The molecule has 0 bridgehead atoms. The number of aliphatic hydroxyl groups is 2. The third-order valence-electron chi connectivity index (χ3n) is 5.62. The van der Waals surface area contributed by atoms with Crippen LogP contribution in [0, 0.1) is 5.41 Å². The number of hydrogen-bond donors (Lipinski definition) is 4. The van der Waals surface area contributed by atoms with Gasteiger partial charge in [-0.25, -0.2) is 19.2 Å². The van der Waals surface area contributed by atoms with E-state index < -0.39 is 41.7 Å². The molecule has 0 saturated heterocycles. The summed E-state index contributed by atoms with van der Waals surface area (Å²) < 4.78 is 21.6. The van der Waals surface area contributed by atoms with Gasteiger partial charge in [0.1, 0.15) is 12.7 Å². The normalized spacial score (nSPS) is 14.3. The molecule has 0 aromatic heterocycles. The Bertz CT molecular complexity index is 930. The molecule has 0 aliphatic carbocycles. The average molecular weight is 571 g/mol. The fourth-order valence-corrected chi connectivity index (χ4v) is 3.48. The van der Waals surface area contributed by atoms with E-state index in [0.717, 1.165) is 0 Å². The zero-order valence-electron chi connectivity index (χ0n) is 23.6. The smallest absolute Gasteiger partial charge is 0.333 e. The number of aliphatic carboxylic acids is 2. The molecular weight excluding hydrogens is 528 g/mol. The summed E-state index contributed by atoms with van der Waals surface area (Å²) in [5, 5.41) is 37.6. The highest BCUT2D eigenvalue weighted by Gasteiger charge is 2.39. The van der Waals surface area contributed by atoms with Gasteiger partial charge in [0.2, 0.25) is 0 Å². The lowest BCUT2D eigenvalue weighted by Crippen LogP contribution is -2.41. The molecule has 0 radical (unpaired) electrons. The second-order valence-electron chi connectivity index (χ2n) is 9.38. The van der Waals surface area contributed by atoms with Crippen molar-refractivity contribution >= 4 is 23.9 Å². The Labute approximate surface area is 234 Å². The zero-order chi connectivity index (χ0) is 30.9. The third kappa shape index (κ3) is 14.7. The number of rotatable bonds is 21. The summed E-state index contributed by atoms with van der Waals surface area (Å²) in [7, 11) is 0. The second kappa shape index (κ2) is 18.9. The van der Waals surface area contributed by atoms with Crippen LogP contribution in [0.3, 0.4) is 0 Å². The lowest BCUT2D eigenvalue weighted by atomic mass is 9.74. The Hall–Kier alpha value is -3.32. The van der Waals surface area contributed by atoms with Crippen LogP contribution in [0.15, 0.2) is 47.6 Å². The van der Waals surface area contributed by atoms with Crippen molar-refractivity contribution in [1.82, 2.24) is 0 Å². The molecule has 226 valence electrons. The lowest BCUT2D eigenvalue weighted by Gasteiger charge is -2.37. The van der Waals surface area contributed by atoms with Crippen LogP contribution < -0.4 is 0 Å². The van der Waals surface area contributed by atoms with Crippen LogP contribution in [-0.4, -0.2) is 89.7 Å². The van der Waals surface area contributed by atoms with Crippen molar-refractivity contribution in [3.8, 4) is 0 Å². The van der Waals surface area contributed by atoms with E-state index in [1.807, 2.05) is 0 Å². The van der Waals surface area contributed by atoms with E-state index in [-0.39, 0.29) is 68.2 Å². The molecule has 40 heavy (non-hydrogen) atoms. The van der Waals surface area contributed by atoms with Crippen molar-refractivity contribution in [3.63, 3.8) is 0 Å². The highest BCUT2D eigenvalue weighted by molar-refractivity contribution is 5.88. The molecule has 4 N–H and O–H groups in total. The number of ether oxygens (including phenoxy) is 4. The van der Waals surface area contributed by atoms with Gasteiger partial charge in [-0.15, -0.1) is 0 Å². The summed E-state index contributed by atoms with van der Waals surface area (Å²) in [6, 6.07) is 0. The van der Waals surface area contributed by atoms with Crippen LogP contribution in [0.25, 0.3) is 0 Å². The first-order valence-electron chi connectivity index (χ1n) is 12.7. The second-order valence-corrected chi connectivity index (χ2v) is 9.38. The number of hydrogen-bond acceptors (Lipinski definition) is 10. The lowest BCUT2D eigenvalue weighted by molar-refractivity contribution is -0.153. The first kappa shape index (κ1) is 36.7. The van der Waals surface area contributed by atoms with Gasteiger partial charge in [-0.3, -0.25) is 0 Å². The number of carbonyl (C=O) groups excluding carboxylic acids is 2. The molecule has 0 aromatic carbocycles. The molecule has 0 rings (SSSR count). The minimum Gasteiger partial charge on any atom is -0.478 e. The van der Waals surface area contributed by atoms with E-state index >= 15 is 0 Å². The van der Waals surface area contributed by atoms with Gasteiger partial charge >= 0.3 is 23.9 Å². The monoisotopic (exact) mass is 570 g/mol. The molecule has 0 aromatic rings. The Morgan fingerprint density at radius 3 is 1.75 bits per heavy atom. The third-order valence-corrected chi connectivity index (χ3v) is 5.62. The van der Waals surface area contributed by atoms with Gasteiger partial charge in [-0.1, -0.05) is 31.7 Å². The van der Waals surface area contributed by atoms with Gasteiger partial charge in [0.05, 0.1) is 26.4 Å². The Kier molecular flexibility index (Phi) is 17.3. The van der Waals surface area contributed by atoms with Crippen LogP contribution in [0.1, 0.15) is 53.4 Å². The van der Waals surface area contributed by atoms with Crippen molar-refractivity contribution in [2.75, 3.05) is 33.0 Å². The number of esters is 2. The summed E-state index contributed by atoms with van der Waals surface area (Å²) in [6.07, 6.45) is 0.653. The van der Waals surface area contributed by atoms with Gasteiger partial charge in [-0.2, -0.15) is 0 Å². The predicted octanol–water partition coefficient (Wildman–Crippen LogP) is 2.55. The van der Waals surface area contributed by atoms with Crippen LogP contribution >= 0.6 is 0 Å². The molecule has 12 nitrogen and oxygen atoms in total. The summed E-state index contributed by atoms with van der Waals surface area (Å²) in [5.74, 6) is -3.85.